The summed E-state index contributed by atoms with van der Waals surface area (Å²) in [6.07, 6.45) is 0.624. The van der Waals surface area contributed by atoms with Gasteiger partial charge in [0, 0.05) is 37.3 Å². The number of likely N-dealkylation sites (tertiary alicyclic amines) is 1. The number of piperidine rings is 1. The summed E-state index contributed by atoms with van der Waals surface area (Å²) < 4.78 is 24.1. The molecule has 0 spiro atoms. The SMILES string of the molecule is COC(=O)C(CCN1Cc2c(OCc3ccc(CN4CCC(F)CC4)cc3)cccc2C1=O)C(N)=O. The van der Waals surface area contributed by atoms with E-state index in [2.05, 4.69) is 21.8 Å². The van der Waals surface area contributed by atoms with E-state index in [4.69, 9.17) is 10.5 Å². The van der Waals surface area contributed by atoms with E-state index < -0.39 is 24.0 Å². The number of benzene rings is 2. The van der Waals surface area contributed by atoms with Crippen LogP contribution >= 0.6 is 0 Å². The molecule has 2 aliphatic heterocycles. The lowest BCUT2D eigenvalue weighted by Gasteiger charge is -2.28. The van der Waals surface area contributed by atoms with Gasteiger partial charge in [-0.15, -0.1) is 0 Å². The highest BCUT2D eigenvalue weighted by Crippen LogP contribution is 2.32. The standard InChI is InChI=1S/C27H32FN3O5/c1-35-27(34)22(25(29)32)11-14-31-16-23-21(26(31)33)3-2-4-24(23)36-17-19-7-5-18(6-8-19)15-30-12-9-20(28)10-13-30/h2-8,20,22H,9-17H2,1H3,(H2,29,32). The van der Waals surface area contributed by atoms with Crippen molar-refractivity contribution >= 4 is 17.8 Å². The van der Waals surface area contributed by atoms with Crippen LogP contribution in [0.4, 0.5) is 4.39 Å². The van der Waals surface area contributed by atoms with Gasteiger partial charge < -0.3 is 20.1 Å². The van der Waals surface area contributed by atoms with Crippen LogP contribution in [-0.2, 0) is 34.0 Å². The highest BCUT2D eigenvalue weighted by molar-refractivity contribution is 5.99. The molecular weight excluding hydrogens is 465 g/mol. The van der Waals surface area contributed by atoms with E-state index >= 15 is 0 Å². The molecule has 2 heterocycles. The lowest BCUT2D eigenvalue weighted by Crippen LogP contribution is -2.35. The van der Waals surface area contributed by atoms with Gasteiger partial charge in [-0.25, -0.2) is 4.39 Å². The van der Waals surface area contributed by atoms with Crippen LogP contribution in [0.3, 0.4) is 0 Å². The summed E-state index contributed by atoms with van der Waals surface area (Å²) in [6, 6.07) is 13.5. The average molecular weight is 498 g/mol. The van der Waals surface area contributed by atoms with Gasteiger partial charge in [-0.05, 0) is 42.5 Å². The quantitative estimate of drug-likeness (QED) is 0.400. The van der Waals surface area contributed by atoms with E-state index in [0.29, 0.717) is 37.3 Å². The van der Waals surface area contributed by atoms with Crippen molar-refractivity contribution < 1.29 is 28.2 Å². The number of carbonyl (C=O) groups excluding carboxylic acids is 3. The van der Waals surface area contributed by atoms with Crippen LogP contribution in [0.15, 0.2) is 42.5 Å². The maximum atomic E-state index is 13.3. The van der Waals surface area contributed by atoms with E-state index in [1.54, 1.807) is 17.0 Å². The largest absolute Gasteiger partial charge is 0.489 e. The monoisotopic (exact) mass is 497 g/mol. The van der Waals surface area contributed by atoms with Gasteiger partial charge in [0.15, 0.2) is 0 Å². The third kappa shape index (κ3) is 6.02. The fourth-order valence-corrected chi connectivity index (χ4v) is 4.70. The van der Waals surface area contributed by atoms with Gasteiger partial charge in [-0.2, -0.15) is 0 Å². The minimum atomic E-state index is -1.10. The number of primary amides is 1. The fourth-order valence-electron chi connectivity index (χ4n) is 4.70. The number of hydrogen-bond acceptors (Lipinski definition) is 6. The molecule has 2 N–H and O–H groups in total. The van der Waals surface area contributed by atoms with Crippen molar-refractivity contribution in [1.82, 2.24) is 9.80 Å². The van der Waals surface area contributed by atoms with Crippen LogP contribution in [0.25, 0.3) is 0 Å². The molecule has 0 radical (unpaired) electrons. The first kappa shape index (κ1) is 25.6. The molecule has 2 aromatic rings. The van der Waals surface area contributed by atoms with E-state index in [-0.39, 0.29) is 18.9 Å². The molecule has 2 aromatic carbocycles. The van der Waals surface area contributed by atoms with Gasteiger partial charge in [-0.1, -0.05) is 30.3 Å². The van der Waals surface area contributed by atoms with Crippen LogP contribution in [-0.4, -0.2) is 60.5 Å². The molecule has 1 unspecified atom stereocenters. The zero-order valence-electron chi connectivity index (χ0n) is 20.5. The molecule has 0 bridgehead atoms. The van der Waals surface area contributed by atoms with Gasteiger partial charge in [-0.3, -0.25) is 19.3 Å². The second-order valence-electron chi connectivity index (χ2n) is 9.33. The lowest BCUT2D eigenvalue weighted by molar-refractivity contribution is -0.149. The van der Waals surface area contributed by atoms with Crippen LogP contribution in [0.5, 0.6) is 5.75 Å². The average Bonchev–Trinajstić information content (AvgIpc) is 3.20. The number of ether oxygens (including phenoxy) is 2. The number of hydrogen-bond donors (Lipinski definition) is 1. The van der Waals surface area contributed by atoms with Crippen molar-refractivity contribution in [3.8, 4) is 5.75 Å². The summed E-state index contributed by atoms with van der Waals surface area (Å²) in [5.41, 5.74) is 8.83. The number of fused-ring (bicyclic) bond motifs is 1. The molecule has 2 amide bonds. The van der Waals surface area contributed by atoms with Crippen molar-refractivity contribution in [2.75, 3.05) is 26.7 Å². The Bertz CT molecular complexity index is 1100. The predicted molar refractivity (Wildman–Crippen MR) is 131 cm³/mol. The zero-order valence-corrected chi connectivity index (χ0v) is 20.5. The van der Waals surface area contributed by atoms with Crippen molar-refractivity contribution in [1.29, 1.82) is 0 Å². The summed E-state index contributed by atoms with van der Waals surface area (Å²) in [6.45, 7) is 3.25. The third-order valence-electron chi connectivity index (χ3n) is 6.86. The first-order valence-corrected chi connectivity index (χ1v) is 12.2. The number of rotatable bonds is 10. The topological polar surface area (TPSA) is 102 Å². The van der Waals surface area contributed by atoms with Gasteiger partial charge in [0.2, 0.25) is 5.91 Å². The first-order valence-electron chi connectivity index (χ1n) is 12.2. The van der Waals surface area contributed by atoms with Crippen molar-refractivity contribution in [2.45, 2.75) is 45.1 Å². The number of esters is 1. The molecule has 36 heavy (non-hydrogen) atoms. The van der Waals surface area contributed by atoms with E-state index in [0.717, 1.165) is 30.8 Å². The normalized spacial score (nSPS) is 17.1. The number of nitrogens with two attached hydrogens (primary N) is 1. The molecule has 0 aromatic heterocycles. The third-order valence-corrected chi connectivity index (χ3v) is 6.86. The smallest absolute Gasteiger partial charge is 0.318 e. The molecule has 0 saturated carbocycles. The highest BCUT2D eigenvalue weighted by atomic mass is 19.1. The first-order chi connectivity index (χ1) is 17.4. The van der Waals surface area contributed by atoms with Crippen molar-refractivity contribution in [3.05, 3.63) is 64.7 Å². The predicted octanol–water partition coefficient (Wildman–Crippen LogP) is 2.82. The molecule has 2 aliphatic rings. The second-order valence-corrected chi connectivity index (χ2v) is 9.33. The zero-order chi connectivity index (χ0) is 25.7. The maximum Gasteiger partial charge on any atom is 0.318 e. The van der Waals surface area contributed by atoms with Crippen LogP contribution in [0.2, 0.25) is 0 Å². The summed E-state index contributed by atoms with van der Waals surface area (Å²) in [5.74, 6) is -2.12. The lowest BCUT2D eigenvalue weighted by atomic mass is 10.1. The molecule has 192 valence electrons. The number of halogens is 1. The Morgan fingerprint density at radius 3 is 2.47 bits per heavy atom. The second kappa shape index (κ2) is 11.5. The van der Waals surface area contributed by atoms with E-state index in [9.17, 15) is 18.8 Å². The molecule has 1 atom stereocenters. The summed E-state index contributed by atoms with van der Waals surface area (Å²) in [5, 5.41) is 0. The summed E-state index contributed by atoms with van der Waals surface area (Å²) in [4.78, 5) is 40.1. The van der Waals surface area contributed by atoms with Gasteiger partial charge in [0.05, 0.1) is 13.7 Å². The van der Waals surface area contributed by atoms with Crippen LogP contribution in [0.1, 0.15) is 46.3 Å². The minimum Gasteiger partial charge on any atom is -0.489 e. The van der Waals surface area contributed by atoms with Crippen molar-refractivity contribution in [3.63, 3.8) is 0 Å². The summed E-state index contributed by atoms with van der Waals surface area (Å²) >= 11 is 0. The molecule has 8 nitrogen and oxygen atoms in total. The van der Waals surface area contributed by atoms with Gasteiger partial charge in [0.1, 0.15) is 24.4 Å². The maximum absolute atomic E-state index is 13.3. The Balaban J connectivity index is 1.33. The molecule has 9 heteroatoms. The Kier molecular flexibility index (Phi) is 8.20. The van der Waals surface area contributed by atoms with Crippen LogP contribution < -0.4 is 10.5 Å². The Hall–Kier alpha value is -3.46. The molecule has 1 saturated heterocycles. The minimum absolute atomic E-state index is 0.0933. The fraction of sp³-hybridized carbons (Fsp3) is 0.444. The number of carbonyl (C=O) groups is 3. The number of alkyl halides is 1. The van der Waals surface area contributed by atoms with Crippen molar-refractivity contribution in [2.24, 2.45) is 11.7 Å². The van der Waals surface area contributed by atoms with Gasteiger partial charge in [0.25, 0.3) is 5.91 Å². The van der Waals surface area contributed by atoms with Gasteiger partial charge >= 0.3 is 5.97 Å². The van der Waals surface area contributed by atoms with Crippen LogP contribution in [0, 0.1) is 5.92 Å². The number of methoxy groups -OCH3 is 1. The van der Waals surface area contributed by atoms with E-state index in [1.165, 1.54) is 12.7 Å². The summed E-state index contributed by atoms with van der Waals surface area (Å²) in [7, 11) is 1.20. The Labute approximate surface area is 210 Å². The molecule has 1 fully saturated rings. The molecule has 4 rings (SSSR count). The number of nitrogens with zero attached hydrogens (tertiary/aromatic N) is 2. The Morgan fingerprint density at radius 1 is 1.11 bits per heavy atom. The molecular formula is C27H32FN3O5. The molecule has 0 aliphatic carbocycles. The Morgan fingerprint density at radius 2 is 1.81 bits per heavy atom. The number of amides is 2. The van der Waals surface area contributed by atoms with E-state index in [1.807, 2.05) is 18.2 Å². The highest BCUT2D eigenvalue weighted by Gasteiger charge is 2.32.